The second kappa shape index (κ2) is 8.16. The van der Waals surface area contributed by atoms with E-state index in [9.17, 15) is 4.79 Å². The highest BCUT2D eigenvalue weighted by Gasteiger charge is 2.23. The monoisotopic (exact) mass is 364 g/mol. The fourth-order valence-electron chi connectivity index (χ4n) is 3.72. The van der Waals surface area contributed by atoms with Crippen LogP contribution in [0.3, 0.4) is 0 Å². The molecule has 3 rings (SSSR count). The van der Waals surface area contributed by atoms with Crippen molar-refractivity contribution in [1.29, 1.82) is 0 Å². The van der Waals surface area contributed by atoms with Gasteiger partial charge in [-0.2, -0.15) is 0 Å². The van der Waals surface area contributed by atoms with Gasteiger partial charge in [0.05, 0.1) is 0 Å². The first-order chi connectivity index (χ1) is 12.8. The van der Waals surface area contributed by atoms with Gasteiger partial charge < -0.3 is 10.2 Å². The molecule has 2 aromatic carbocycles. The number of likely N-dealkylation sites (tertiary alicyclic amines) is 1. The molecule has 0 bridgehead atoms. The summed E-state index contributed by atoms with van der Waals surface area (Å²) in [7, 11) is 0. The number of carbonyl (C=O) groups is 1. The number of amides is 2. The zero-order valence-electron chi connectivity index (χ0n) is 17.1. The number of rotatable bonds is 3. The molecule has 1 heterocycles. The summed E-state index contributed by atoms with van der Waals surface area (Å²) in [6.45, 7) is 10.4. The average molecular weight is 365 g/mol. The third-order valence-electron chi connectivity index (χ3n) is 5.63. The minimum Gasteiger partial charge on any atom is -0.325 e. The van der Waals surface area contributed by atoms with Crippen LogP contribution in [-0.2, 0) is 11.8 Å². The summed E-state index contributed by atoms with van der Waals surface area (Å²) >= 11 is 0. The van der Waals surface area contributed by atoms with E-state index in [1.165, 1.54) is 11.1 Å². The Bertz CT molecular complexity index is 766. The predicted molar refractivity (Wildman–Crippen MR) is 113 cm³/mol. The third-order valence-corrected chi connectivity index (χ3v) is 5.63. The van der Waals surface area contributed by atoms with E-state index in [-0.39, 0.29) is 11.4 Å². The lowest BCUT2D eigenvalue weighted by atomic mass is 9.85. The summed E-state index contributed by atoms with van der Waals surface area (Å²) in [5.74, 6) is 0.660. The molecule has 0 radical (unpaired) electrons. The number of hydrogen-bond donors (Lipinski definition) is 1. The highest BCUT2D eigenvalue weighted by Crippen LogP contribution is 2.26. The lowest BCUT2D eigenvalue weighted by Crippen LogP contribution is -2.41. The van der Waals surface area contributed by atoms with Gasteiger partial charge in [0.1, 0.15) is 0 Å². The Morgan fingerprint density at radius 1 is 1.04 bits per heavy atom. The van der Waals surface area contributed by atoms with Crippen LogP contribution in [0, 0.1) is 12.8 Å². The van der Waals surface area contributed by atoms with Crippen molar-refractivity contribution in [2.75, 3.05) is 18.4 Å². The lowest BCUT2D eigenvalue weighted by molar-refractivity contribution is 0.182. The average Bonchev–Trinajstić information content (AvgIpc) is 2.64. The molecule has 2 aromatic rings. The maximum absolute atomic E-state index is 12.5. The Balaban J connectivity index is 1.50. The Hall–Kier alpha value is -2.29. The first-order valence-corrected chi connectivity index (χ1v) is 10.0. The van der Waals surface area contributed by atoms with Crippen molar-refractivity contribution in [2.24, 2.45) is 5.92 Å². The Morgan fingerprint density at radius 2 is 1.67 bits per heavy atom. The van der Waals surface area contributed by atoms with E-state index in [1.807, 2.05) is 36.1 Å². The van der Waals surface area contributed by atoms with Crippen molar-refractivity contribution >= 4 is 11.7 Å². The molecule has 0 unspecified atom stereocenters. The van der Waals surface area contributed by atoms with E-state index >= 15 is 0 Å². The van der Waals surface area contributed by atoms with E-state index in [0.717, 1.165) is 43.6 Å². The molecule has 1 aliphatic heterocycles. The zero-order valence-corrected chi connectivity index (χ0v) is 17.1. The summed E-state index contributed by atoms with van der Waals surface area (Å²) in [4.78, 5) is 14.5. The van der Waals surface area contributed by atoms with Gasteiger partial charge in [-0.25, -0.2) is 4.79 Å². The van der Waals surface area contributed by atoms with E-state index < -0.39 is 0 Å². The van der Waals surface area contributed by atoms with Gasteiger partial charge in [-0.05, 0) is 60.3 Å². The van der Waals surface area contributed by atoms with Gasteiger partial charge in [-0.15, -0.1) is 0 Å². The number of hydrogen-bond acceptors (Lipinski definition) is 1. The molecular weight excluding hydrogens is 332 g/mol. The summed E-state index contributed by atoms with van der Waals surface area (Å²) in [5, 5.41) is 3.05. The van der Waals surface area contributed by atoms with Crippen LogP contribution in [0.25, 0.3) is 0 Å². The molecule has 3 heteroatoms. The van der Waals surface area contributed by atoms with Crippen molar-refractivity contribution in [1.82, 2.24) is 4.90 Å². The Morgan fingerprint density at radius 3 is 2.26 bits per heavy atom. The van der Waals surface area contributed by atoms with Gasteiger partial charge in [0.25, 0.3) is 0 Å². The van der Waals surface area contributed by atoms with Crippen molar-refractivity contribution < 1.29 is 4.79 Å². The van der Waals surface area contributed by atoms with Gasteiger partial charge in [-0.3, -0.25) is 0 Å². The van der Waals surface area contributed by atoms with Crippen LogP contribution in [0.1, 0.15) is 50.3 Å². The Kier molecular flexibility index (Phi) is 5.88. The van der Waals surface area contributed by atoms with Crippen molar-refractivity contribution in [2.45, 2.75) is 52.4 Å². The maximum Gasteiger partial charge on any atom is 0.321 e. The van der Waals surface area contributed by atoms with Crippen molar-refractivity contribution in [3.63, 3.8) is 0 Å². The summed E-state index contributed by atoms with van der Waals surface area (Å²) < 4.78 is 0. The lowest BCUT2D eigenvalue weighted by Gasteiger charge is -2.32. The zero-order chi connectivity index (χ0) is 19.4. The van der Waals surface area contributed by atoms with Gasteiger partial charge >= 0.3 is 6.03 Å². The molecule has 3 nitrogen and oxygen atoms in total. The number of anilines is 1. The first kappa shape index (κ1) is 19.5. The van der Waals surface area contributed by atoms with E-state index in [2.05, 4.69) is 50.4 Å². The minimum absolute atomic E-state index is 0.0253. The molecule has 2 amide bonds. The molecular formula is C24H32N2O. The van der Waals surface area contributed by atoms with Gasteiger partial charge in [-0.1, -0.05) is 63.2 Å². The van der Waals surface area contributed by atoms with Crippen LogP contribution < -0.4 is 5.32 Å². The summed E-state index contributed by atoms with van der Waals surface area (Å²) in [5.41, 5.74) is 5.00. The number of nitrogens with one attached hydrogen (secondary N) is 1. The molecule has 0 saturated carbocycles. The number of piperidine rings is 1. The van der Waals surface area contributed by atoms with Crippen molar-refractivity contribution in [3.8, 4) is 0 Å². The SMILES string of the molecule is Cc1ccccc1NC(=O)N1CCC(Cc2ccc(C(C)(C)C)cc2)CC1. The molecule has 1 fully saturated rings. The highest BCUT2D eigenvalue weighted by atomic mass is 16.2. The normalized spacial score (nSPS) is 15.6. The molecule has 1 N–H and O–H groups in total. The van der Waals surface area contributed by atoms with E-state index in [0.29, 0.717) is 5.92 Å². The number of aryl methyl sites for hydroxylation is 1. The quantitative estimate of drug-likeness (QED) is 0.736. The van der Waals surface area contributed by atoms with Crippen molar-refractivity contribution in [3.05, 3.63) is 65.2 Å². The second-order valence-corrected chi connectivity index (χ2v) is 8.83. The maximum atomic E-state index is 12.5. The van der Waals surface area contributed by atoms with E-state index in [1.54, 1.807) is 0 Å². The van der Waals surface area contributed by atoms with Gasteiger partial charge in [0, 0.05) is 18.8 Å². The molecule has 1 saturated heterocycles. The number of carbonyl (C=O) groups excluding carboxylic acids is 1. The number of benzene rings is 2. The first-order valence-electron chi connectivity index (χ1n) is 10.0. The predicted octanol–water partition coefficient (Wildman–Crippen LogP) is 5.78. The van der Waals surface area contributed by atoms with Crippen LogP contribution in [0.5, 0.6) is 0 Å². The summed E-state index contributed by atoms with van der Waals surface area (Å²) in [6.07, 6.45) is 3.25. The number of urea groups is 1. The third kappa shape index (κ3) is 5.12. The highest BCUT2D eigenvalue weighted by molar-refractivity contribution is 5.90. The summed E-state index contributed by atoms with van der Waals surface area (Å²) in [6, 6.07) is 17.0. The van der Waals surface area contributed by atoms with Crippen LogP contribution in [-0.4, -0.2) is 24.0 Å². The van der Waals surface area contributed by atoms with E-state index in [4.69, 9.17) is 0 Å². The number of nitrogens with zero attached hydrogens (tertiary/aromatic N) is 1. The van der Waals surface area contributed by atoms with Crippen LogP contribution in [0.15, 0.2) is 48.5 Å². The fraction of sp³-hybridized carbons (Fsp3) is 0.458. The minimum atomic E-state index is 0.0253. The largest absolute Gasteiger partial charge is 0.325 e. The van der Waals surface area contributed by atoms with Gasteiger partial charge in [0.2, 0.25) is 0 Å². The molecule has 144 valence electrons. The van der Waals surface area contributed by atoms with Crippen LogP contribution >= 0.6 is 0 Å². The molecule has 27 heavy (non-hydrogen) atoms. The smallest absolute Gasteiger partial charge is 0.321 e. The number of para-hydroxylation sites is 1. The topological polar surface area (TPSA) is 32.3 Å². The van der Waals surface area contributed by atoms with Crippen LogP contribution in [0.4, 0.5) is 10.5 Å². The molecule has 0 spiro atoms. The second-order valence-electron chi connectivity index (χ2n) is 8.83. The standard InChI is InChI=1S/C24H32N2O/c1-18-7-5-6-8-22(18)25-23(27)26-15-13-20(14-16-26)17-19-9-11-21(12-10-19)24(2,3)4/h5-12,20H,13-17H2,1-4H3,(H,25,27). The Labute approximate surface area is 163 Å². The molecule has 0 atom stereocenters. The molecule has 0 aromatic heterocycles. The van der Waals surface area contributed by atoms with Gasteiger partial charge in [0.15, 0.2) is 0 Å². The molecule has 1 aliphatic rings. The molecule has 0 aliphatic carbocycles. The fourth-order valence-corrected chi connectivity index (χ4v) is 3.72. The van der Waals surface area contributed by atoms with Crippen LogP contribution in [0.2, 0.25) is 0 Å².